The fourth-order valence-corrected chi connectivity index (χ4v) is 5.12. The number of hydrogen-bond acceptors (Lipinski definition) is 4. The third-order valence-electron chi connectivity index (χ3n) is 6.40. The highest BCUT2D eigenvalue weighted by Gasteiger charge is 2.24. The van der Waals surface area contributed by atoms with Gasteiger partial charge in [-0.05, 0) is 66.6 Å². The number of hydrogen-bond donors (Lipinski definition) is 2. The molecule has 0 bridgehead atoms. The molecule has 6 nitrogen and oxygen atoms in total. The number of benzene rings is 4. The second-order valence-corrected chi connectivity index (χ2v) is 10.1. The van der Waals surface area contributed by atoms with E-state index < -0.39 is 17.6 Å². The molecule has 200 valence electrons. The Balaban J connectivity index is 1.24. The summed E-state index contributed by atoms with van der Waals surface area (Å²) < 4.78 is 14.3. The minimum atomic E-state index is -0.601. The lowest BCUT2D eigenvalue weighted by atomic mass is 10.1. The lowest BCUT2D eigenvalue weighted by Gasteiger charge is -2.17. The molecule has 0 aliphatic carbocycles. The van der Waals surface area contributed by atoms with E-state index in [0.717, 1.165) is 17.0 Å². The highest BCUT2D eigenvalue weighted by atomic mass is 32.2. The fourth-order valence-electron chi connectivity index (χ4n) is 4.34. The minimum absolute atomic E-state index is 0.0458. The van der Waals surface area contributed by atoms with Gasteiger partial charge in [0.15, 0.2) is 0 Å². The zero-order valence-corrected chi connectivity index (χ0v) is 22.3. The van der Waals surface area contributed by atoms with Crippen LogP contribution in [0.1, 0.15) is 21.5 Å². The lowest BCUT2D eigenvalue weighted by Crippen LogP contribution is -2.30. The molecular weight excluding hydrogens is 525 g/mol. The van der Waals surface area contributed by atoms with E-state index in [1.165, 1.54) is 35.5 Å². The quantitative estimate of drug-likeness (QED) is 0.211. The van der Waals surface area contributed by atoms with Crippen LogP contribution in [0.15, 0.2) is 114 Å². The molecule has 1 aliphatic rings. The van der Waals surface area contributed by atoms with Gasteiger partial charge in [0.05, 0.1) is 5.75 Å². The first-order valence-electron chi connectivity index (χ1n) is 12.7. The Bertz CT molecular complexity index is 1570. The number of nitrogens with one attached hydrogen (secondary N) is 2. The Kier molecular flexibility index (Phi) is 8.37. The molecule has 0 atom stereocenters. The van der Waals surface area contributed by atoms with Gasteiger partial charge >= 0.3 is 0 Å². The molecule has 8 heteroatoms. The van der Waals surface area contributed by atoms with Crippen LogP contribution >= 0.6 is 11.8 Å². The van der Waals surface area contributed by atoms with Crippen molar-refractivity contribution in [2.24, 2.45) is 0 Å². The van der Waals surface area contributed by atoms with E-state index in [2.05, 4.69) is 10.6 Å². The largest absolute Gasteiger partial charge is 0.321 e. The molecule has 0 unspecified atom stereocenters. The number of carbonyl (C=O) groups excluding carboxylic acids is 3. The number of thioether (sulfide) groups is 1. The average molecular weight is 552 g/mol. The molecular formula is C32H26FN3O3S. The van der Waals surface area contributed by atoms with Crippen molar-refractivity contribution in [2.75, 3.05) is 22.5 Å². The van der Waals surface area contributed by atoms with Gasteiger partial charge in [-0.3, -0.25) is 14.4 Å². The fraction of sp³-hybridized carbons (Fsp3) is 0.0938. The van der Waals surface area contributed by atoms with Crippen LogP contribution in [0.4, 0.5) is 15.8 Å². The SMILES string of the molecule is O=C(Nc1ccc(SCC(=O)N2CCc3ccccc32)cc1)/C(=C/c1ccccc1F)NC(=O)c1ccccc1. The molecule has 0 radical (unpaired) electrons. The van der Waals surface area contributed by atoms with E-state index in [9.17, 15) is 18.8 Å². The smallest absolute Gasteiger partial charge is 0.272 e. The van der Waals surface area contributed by atoms with Gasteiger partial charge < -0.3 is 15.5 Å². The van der Waals surface area contributed by atoms with Gasteiger partial charge in [-0.25, -0.2) is 4.39 Å². The summed E-state index contributed by atoms with van der Waals surface area (Å²) >= 11 is 1.42. The van der Waals surface area contributed by atoms with Crippen molar-refractivity contribution in [3.05, 3.63) is 131 Å². The topological polar surface area (TPSA) is 78.5 Å². The number of rotatable bonds is 8. The molecule has 2 N–H and O–H groups in total. The van der Waals surface area contributed by atoms with Crippen LogP contribution in [0.5, 0.6) is 0 Å². The zero-order chi connectivity index (χ0) is 27.9. The van der Waals surface area contributed by atoms with E-state index in [1.807, 2.05) is 41.3 Å². The number of halogens is 1. The number of anilines is 2. The van der Waals surface area contributed by atoms with Crippen molar-refractivity contribution in [3.63, 3.8) is 0 Å². The minimum Gasteiger partial charge on any atom is -0.321 e. The van der Waals surface area contributed by atoms with Crippen LogP contribution in [0.2, 0.25) is 0 Å². The summed E-state index contributed by atoms with van der Waals surface area (Å²) in [5, 5.41) is 5.36. The van der Waals surface area contributed by atoms with Gasteiger partial charge in [0.2, 0.25) is 5.91 Å². The summed E-state index contributed by atoms with van der Waals surface area (Å²) in [7, 11) is 0. The molecule has 4 aromatic rings. The number of para-hydroxylation sites is 1. The molecule has 0 spiro atoms. The second kappa shape index (κ2) is 12.4. The normalized spacial score (nSPS) is 12.5. The summed E-state index contributed by atoms with van der Waals surface area (Å²) in [6, 6.07) is 29.5. The Morgan fingerprint density at radius 3 is 2.33 bits per heavy atom. The highest BCUT2D eigenvalue weighted by molar-refractivity contribution is 8.00. The van der Waals surface area contributed by atoms with Crippen LogP contribution in [-0.4, -0.2) is 30.0 Å². The van der Waals surface area contributed by atoms with Crippen molar-refractivity contribution in [3.8, 4) is 0 Å². The third-order valence-corrected chi connectivity index (χ3v) is 7.39. The summed E-state index contributed by atoms with van der Waals surface area (Å²) in [6.45, 7) is 0.688. The lowest BCUT2D eigenvalue weighted by molar-refractivity contribution is -0.116. The maximum atomic E-state index is 14.3. The van der Waals surface area contributed by atoms with Gasteiger partial charge in [0, 0.05) is 33.9 Å². The molecule has 40 heavy (non-hydrogen) atoms. The van der Waals surface area contributed by atoms with Crippen LogP contribution < -0.4 is 15.5 Å². The number of nitrogens with zero attached hydrogens (tertiary/aromatic N) is 1. The molecule has 1 heterocycles. The monoisotopic (exact) mass is 551 g/mol. The van der Waals surface area contributed by atoms with Crippen molar-refractivity contribution in [1.82, 2.24) is 5.32 Å². The van der Waals surface area contributed by atoms with Crippen molar-refractivity contribution >= 4 is 46.9 Å². The van der Waals surface area contributed by atoms with Gasteiger partial charge in [-0.2, -0.15) is 0 Å². The second-order valence-electron chi connectivity index (χ2n) is 9.09. The van der Waals surface area contributed by atoms with Gasteiger partial charge in [-0.15, -0.1) is 11.8 Å². The molecule has 0 fully saturated rings. The Morgan fingerprint density at radius 1 is 0.850 bits per heavy atom. The number of fused-ring (bicyclic) bond motifs is 1. The third kappa shape index (κ3) is 6.47. The molecule has 1 aliphatic heterocycles. The molecule has 4 aromatic carbocycles. The summed E-state index contributed by atoms with van der Waals surface area (Å²) in [6.07, 6.45) is 2.16. The molecule has 0 saturated heterocycles. The van der Waals surface area contributed by atoms with Crippen LogP contribution in [0.3, 0.4) is 0 Å². The van der Waals surface area contributed by atoms with E-state index in [1.54, 1.807) is 54.6 Å². The summed E-state index contributed by atoms with van der Waals surface area (Å²) in [5.74, 6) is -1.27. The van der Waals surface area contributed by atoms with Crippen LogP contribution in [0, 0.1) is 5.82 Å². The number of amides is 3. The predicted molar refractivity (Wildman–Crippen MR) is 157 cm³/mol. The van der Waals surface area contributed by atoms with Crippen molar-refractivity contribution < 1.29 is 18.8 Å². The maximum Gasteiger partial charge on any atom is 0.272 e. The first kappa shape index (κ1) is 26.9. The maximum absolute atomic E-state index is 14.3. The zero-order valence-electron chi connectivity index (χ0n) is 21.5. The molecule has 5 rings (SSSR count). The first-order valence-corrected chi connectivity index (χ1v) is 13.7. The molecule has 0 aromatic heterocycles. The Labute approximate surface area is 235 Å². The Morgan fingerprint density at radius 2 is 1.55 bits per heavy atom. The van der Waals surface area contributed by atoms with E-state index in [0.29, 0.717) is 23.5 Å². The van der Waals surface area contributed by atoms with Gasteiger partial charge in [-0.1, -0.05) is 54.6 Å². The Hall–Kier alpha value is -4.69. The van der Waals surface area contributed by atoms with E-state index in [4.69, 9.17) is 0 Å². The van der Waals surface area contributed by atoms with Crippen molar-refractivity contribution in [1.29, 1.82) is 0 Å². The predicted octanol–water partition coefficient (Wildman–Crippen LogP) is 5.92. The number of carbonyl (C=O) groups is 3. The van der Waals surface area contributed by atoms with Crippen LogP contribution in [0.25, 0.3) is 6.08 Å². The van der Waals surface area contributed by atoms with Gasteiger partial charge in [0.1, 0.15) is 11.5 Å². The first-order chi connectivity index (χ1) is 19.5. The molecule has 0 saturated carbocycles. The average Bonchev–Trinajstić information content (AvgIpc) is 3.42. The van der Waals surface area contributed by atoms with E-state index in [-0.39, 0.29) is 17.2 Å². The molecule has 3 amide bonds. The van der Waals surface area contributed by atoms with E-state index >= 15 is 0 Å². The highest BCUT2D eigenvalue weighted by Crippen LogP contribution is 2.29. The standard InChI is InChI=1S/C32H26FN3O3S/c33-27-12-6-4-11-24(27)20-28(35-31(38)23-9-2-1-3-10-23)32(39)34-25-14-16-26(17-15-25)40-21-30(37)36-19-18-22-8-5-7-13-29(22)36/h1-17,20H,18-19,21H2,(H,34,39)(H,35,38)/b28-20-. The van der Waals surface area contributed by atoms with Gasteiger partial charge in [0.25, 0.3) is 11.8 Å². The van der Waals surface area contributed by atoms with Crippen molar-refractivity contribution in [2.45, 2.75) is 11.3 Å². The van der Waals surface area contributed by atoms with Crippen LogP contribution in [-0.2, 0) is 16.0 Å². The summed E-state index contributed by atoms with van der Waals surface area (Å²) in [5.41, 5.74) is 3.08. The summed E-state index contributed by atoms with van der Waals surface area (Å²) in [4.78, 5) is 41.4.